The molecule has 10 nitrogen and oxygen atoms in total. The standard InChI is InChI=1S/C34H39BClN6O4/c1-2-23-10-11-24-9-8-21-15-19-39(29(21)32(45)41(23)24)31(44)28-13-12-25-14-17-34(33(46)42(25)28)16-5-18-40(34)30(43)27(37-38-35)20-22-6-3-4-7-26(22)36/h3-4,6-9,14,17,21,23-25,28-29H,2,5,10-13,15-16,18-20H2,1H3/b37-27-/t21-,23+,24-,25-,28-,29-,34+/m0/s1. The first kappa shape index (κ1) is 31.0. The number of hydrogen-bond acceptors (Lipinski definition) is 6. The van der Waals surface area contributed by atoms with Gasteiger partial charge in [0.1, 0.15) is 0 Å². The summed E-state index contributed by atoms with van der Waals surface area (Å²) in [5.41, 5.74) is -0.457. The van der Waals surface area contributed by atoms with E-state index in [9.17, 15) is 19.2 Å². The molecule has 4 fully saturated rings. The van der Waals surface area contributed by atoms with Crippen molar-refractivity contribution in [2.75, 3.05) is 13.1 Å². The fourth-order valence-electron chi connectivity index (χ4n) is 8.89. The molecule has 12 heteroatoms. The van der Waals surface area contributed by atoms with Crippen LogP contribution in [0.4, 0.5) is 0 Å². The first-order valence-corrected chi connectivity index (χ1v) is 17.0. The van der Waals surface area contributed by atoms with Crippen LogP contribution in [-0.4, -0.2) is 105 Å². The second-order valence-electron chi connectivity index (χ2n) is 13.4. The van der Waals surface area contributed by atoms with Gasteiger partial charge in [0.2, 0.25) is 5.91 Å². The normalized spacial score (nSPS) is 33.5. The third kappa shape index (κ3) is 4.88. The maximum atomic E-state index is 14.6. The Labute approximate surface area is 275 Å². The summed E-state index contributed by atoms with van der Waals surface area (Å²) in [5.74, 6) is -0.841. The summed E-state index contributed by atoms with van der Waals surface area (Å²) in [6, 6.07) is 5.98. The predicted octanol–water partition coefficient (Wildman–Crippen LogP) is 3.44. The number of carbonyl (C=O) groups is 4. The second-order valence-corrected chi connectivity index (χ2v) is 13.8. The van der Waals surface area contributed by atoms with Crippen molar-refractivity contribution in [2.45, 2.75) is 100 Å². The quantitative estimate of drug-likeness (QED) is 0.205. The van der Waals surface area contributed by atoms with Gasteiger partial charge in [0.25, 0.3) is 0 Å². The first-order valence-electron chi connectivity index (χ1n) is 16.6. The molecule has 1 aromatic rings. The van der Waals surface area contributed by atoms with Crippen molar-refractivity contribution >= 4 is 48.6 Å². The predicted molar refractivity (Wildman–Crippen MR) is 174 cm³/mol. The van der Waals surface area contributed by atoms with E-state index in [0.29, 0.717) is 49.4 Å². The number of nitrogens with zero attached hydrogens (tertiary/aromatic N) is 6. The summed E-state index contributed by atoms with van der Waals surface area (Å²) in [6.07, 6.45) is 14.0. The Morgan fingerprint density at radius 3 is 2.57 bits per heavy atom. The van der Waals surface area contributed by atoms with Crippen molar-refractivity contribution in [2.24, 2.45) is 16.0 Å². The molecule has 0 aliphatic carbocycles. The Kier molecular flexibility index (Phi) is 8.24. The van der Waals surface area contributed by atoms with Crippen LogP contribution in [0, 0.1) is 5.92 Å². The minimum atomic E-state index is -1.24. The molecule has 4 saturated heterocycles. The molecule has 6 heterocycles. The van der Waals surface area contributed by atoms with Gasteiger partial charge in [0.15, 0.2) is 0 Å². The zero-order valence-electron chi connectivity index (χ0n) is 26.1. The molecule has 1 radical (unpaired) electrons. The number of fused-ring (bicyclic) bond motifs is 3. The number of carbonyl (C=O) groups excluding carboxylic acids is 4. The van der Waals surface area contributed by atoms with Crippen LogP contribution in [0.2, 0.25) is 5.02 Å². The van der Waals surface area contributed by atoms with Gasteiger partial charge in [-0.3, -0.25) is 4.79 Å². The SMILES string of the molecule is [B]=N/N=C(/Cc1ccccc1Cl)C(=O)N1CCC[C@]12C=C[C@@H]1CC[C@@H](C(=O)N3CC[C@@H]4C=C[C@H]5CC[C@@H](CC)N5C(=O)[C@H]43)N1C2=O. The molecular weight excluding hydrogens is 603 g/mol. The Balaban J connectivity index is 1.14. The molecule has 0 aromatic heterocycles. The van der Waals surface area contributed by atoms with Gasteiger partial charge in [-0.2, -0.15) is 0 Å². The van der Waals surface area contributed by atoms with Gasteiger partial charge in [0, 0.05) is 12.0 Å². The van der Waals surface area contributed by atoms with Crippen molar-refractivity contribution in [3.05, 3.63) is 59.2 Å². The van der Waals surface area contributed by atoms with Crippen molar-refractivity contribution in [3.8, 4) is 0 Å². The van der Waals surface area contributed by atoms with E-state index >= 15 is 0 Å². The van der Waals surface area contributed by atoms with Crippen molar-refractivity contribution < 1.29 is 19.2 Å². The van der Waals surface area contributed by atoms with Gasteiger partial charge in [-0.1, -0.05) is 19.1 Å². The maximum absolute atomic E-state index is 14.6. The first-order chi connectivity index (χ1) is 22.3. The Bertz CT molecular complexity index is 1560. The summed E-state index contributed by atoms with van der Waals surface area (Å²) in [4.78, 5) is 64.2. The van der Waals surface area contributed by atoms with Crippen LogP contribution in [0.25, 0.3) is 0 Å². The molecule has 0 bridgehead atoms. The van der Waals surface area contributed by atoms with Gasteiger partial charge in [0.05, 0.1) is 6.04 Å². The van der Waals surface area contributed by atoms with E-state index < -0.39 is 23.5 Å². The van der Waals surface area contributed by atoms with E-state index in [1.54, 1.807) is 26.8 Å². The molecular formula is C34H39BClN6O4. The fraction of sp³-hybridized carbons (Fsp3) is 0.559. The molecule has 6 aliphatic rings. The summed E-state index contributed by atoms with van der Waals surface area (Å²) >= 11 is 6.38. The van der Waals surface area contributed by atoms with Crippen LogP contribution in [0.3, 0.4) is 0 Å². The van der Waals surface area contributed by atoms with Gasteiger partial charge >= 0.3 is 198 Å². The van der Waals surface area contributed by atoms with Crippen LogP contribution >= 0.6 is 11.6 Å². The molecule has 7 atom stereocenters. The van der Waals surface area contributed by atoms with Crippen LogP contribution < -0.4 is 0 Å². The molecule has 4 amide bonds. The Morgan fingerprint density at radius 2 is 1.78 bits per heavy atom. The van der Waals surface area contributed by atoms with Gasteiger partial charge in [-0.15, -0.1) is 0 Å². The summed E-state index contributed by atoms with van der Waals surface area (Å²) in [7, 11) is 5.42. The molecule has 0 N–H and O–H groups in total. The number of rotatable bonds is 6. The number of amides is 4. The Morgan fingerprint density at radius 1 is 1.00 bits per heavy atom. The molecule has 1 aromatic carbocycles. The molecule has 239 valence electrons. The van der Waals surface area contributed by atoms with E-state index in [1.165, 1.54) is 0 Å². The summed E-state index contributed by atoms with van der Waals surface area (Å²) in [6.45, 7) is 2.95. The second kappa shape index (κ2) is 12.2. The average molecular weight is 642 g/mol. The summed E-state index contributed by atoms with van der Waals surface area (Å²) < 4.78 is 0. The third-order valence-electron chi connectivity index (χ3n) is 11.2. The average Bonchev–Trinajstić information content (AvgIpc) is 3.85. The number of hydrogen-bond donors (Lipinski definition) is 0. The summed E-state index contributed by atoms with van der Waals surface area (Å²) in [5, 5.41) is 7.88. The number of benzene rings is 1. The van der Waals surface area contributed by atoms with E-state index in [0.717, 1.165) is 25.7 Å². The van der Waals surface area contributed by atoms with Crippen molar-refractivity contribution in [3.63, 3.8) is 0 Å². The molecule has 1 spiro atoms. The molecule has 6 aliphatic heterocycles. The van der Waals surface area contributed by atoms with E-state index in [-0.39, 0.29) is 53.9 Å². The van der Waals surface area contributed by atoms with Gasteiger partial charge in [-0.25, -0.2) is 0 Å². The van der Waals surface area contributed by atoms with Crippen LogP contribution in [0.1, 0.15) is 63.9 Å². The fourth-order valence-corrected chi connectivity index (χ4v) is 9.09. The third-order valence-corrected chi connectivity index (χ3v) is 11.5. The molecule has 0 unspecified atom stereocenters. The monoisotopic (exact) mass is 641 g/mol. The zero-order chi connectivity index (χ0) is 32.2. The minimum absolute atomic E-state index is 0.0215. The molecule has 7 rings (SSSR count). The van der Waals surface area contributed by atoms with Gasteiger partial charge in [-0.05, 0) is 25.7 Å². The Hall–Kier alpha value is -3.60. The number of likely N-dealkylation sites (tertiary alicyclic amines) is 2. The topological polar surface area (TPSA) is 106 Å². The van der Waals surface area contributed by atoms with Crippen molar-refractivity contribution in [1.29, 1.82) is 0 Å². The molecule has 0 saturated carbocycles. The van der Waals surface area contributed by atoms with Crippen LogP contribution in [0.15, 0.2) is 58.7 Å². The van der Waals surface area contributed by atoms with Crippen molar-refractivity contribution in [1.82, 2.24) is 19.6 Å². The number of halogens is 1. The zero-order valence-corrected chi connectivity index (χ0v) is 26.9. The molecule has 46 heavy (non-hydrogen) atoms. The van der Waals surface area contributed by atoms with Gasteiger partial charge < -0.3 is 4.90 Å². The van der Waals surface area contributed by atoms with Crippen LogP contribution in [-0.2, 0) is 25.6 Å². The van der Waals surface area contributed by atoms with E-state index in [2.05, 4.69) is 29.2 Å². The van der Waals surface area contributed by atoms with E-state index in [1.807, 2.05) is 29.2 Å². The van der Waals surface area contributed by atoms with Crippen LogP contribution in [0.5, 0.6) is 0 Å². The van der Waals surface area contributed by atoms with E-state index in [4.69, 9.17) is 19.2 Å².